The van der Waals surface area contributed by atoms with Crippen molar-refractivity contribution < 1.29 is 14.6 Å². The molecule has 1 aromatic carbocycles. The molecule has 8 heteroatoms. The molecule has 2 atom stereocenters. The Morgan fingerprint density at radius 2 is 1.88 bits per heavy atom. The van der Waals surface area contributed by atoms with E-state index in [4.69, 9.17) is 28.7 Å². The summed E-state index contributed by atoms with van der Waals surface area (Å²) in [7, 11) is 0. The van der Waals surface area contributed by atoms with Gasteiger partial charge in [0.25, 0.3) is 0 Å². The Morgan fingerprint density at radius 3 is 2.35 bits per heavy atom. The van der Waals surface area contributed by atoms with E-state index >= 15 is 0 Å². The number of rotatable bonds is 4. The number of hydrogen-bond donors (Lipinski definition) is 2. The van der Waals surface area contributed by atoms with Crippen LogP contribution >= 0.6 is 23.2 Å². The van der Waals surface area contributed by atoms with Crippen LogP contribution in [-0.4, -0.2) is 22.9 Å². The van der Waals surface area contributed by atoms with E-state index in [0.29, 0.717) is 0 Å². The highest BCUT2D eigenvalue weighted by atomic mass is 35.5. The van der Waals surface area contributed by atoms with E-state index in [1.807, 2.05) is 0 Å². The van der Waals surface area contributed by atoms with E-state index in [9.17, 15) is 14.6 Å². The highest BCUT2D eigenvalue weighted by Gasteiger charge is 2.23. The molecule has 1 aromatic rings. The molecule has 0 bridgehead atoms. The van der Waals surface area contributed by atoms with Gasteiger partial charge in [-0.25, -0.2) is 4.39 Å². The maximum atomic E-state index is 12.9. The second-order valence-electron chi connectivity index (χ2n) is 3.21. The van der Waals surface area contributed by atoms with Crippen LogP contribution in [-0.2, 0) is 0 Å². The first-order chi connectivity index (χ1) is 7.97. The smallest absolute Gasteiger partial charge is 0.126 e. The van der Waals surface area contributed by atoms with E-state index in [1.165, 1.54) is 0 Å². The second kappa shape index (κ2) is 6.05. The molecular weight excluding hydrogens is 272 g/mol. The summed E-state index contributed by atoms with van der Waals surface area (Å²) in [5.74, 6) is -0.652. The molecule has 0 heterocycles. The zero-order chi connectivity index (χ0) is 13.0. The molecule has 0 aliphatic heterocycles. The van der Waals surface area contributed by atoms with Crippen LogP contribution < -0.4 is 0 Å². The molecule has 92 valence electrons. The minimum atomic E-state index is -1.46. The summed E-state index contributed by atoms with van der Waals surface area (Å²) in [6.45, 7) is -0.346. The maximum absolute atomic E-state index is 12.9. The molecule has 5 nitrogen and oxygen atoms in total. The molecule has 2 N–H and O–H groups in total. The minimum Gasteiger partial charge on any atom is -0.390 e. The molecule has 1 rings (SSSR count). The van der Waals surface area contributed by atoms with Gasteiger partial charge in [0.2, 0.25) is 0 Å². The Hall–Kier alpha value is -1.04. The van der Waals surface area contributed by atoms with E-state index in [0.717, 1.165) is 12.1 Å². The topological polar surface area (TPSA) is 89.2 Å². The third-order valence-electron chi connectivity index (χ3n) is 2.04. The lowest BCUT2D eigenvalue weighted by Crippen LogP contribution is -2.21. The maximum Gasteiger partial charge on any atom is 0.126 e. The lowest BCUT2D eigenvalue weighted by atomic mass is 10.0. The van der Waals surface area contributed by atoms with Gasteiger partial charge in [0.15, 0.2) is 0 Å². The first-order valence-electron chi connectivity index (χ1n) is 4.48. The van der Waals surface area contributed by atoms with E-state index in [1.54, 1.807) is 0 Å². The number of aliphatic hydroxyl groups is 2. The van der Waals surface area contributed by atoms with Gasteiger partial charge in [0.05, 0.1) is 22.7 Å². The van der Waals surface area contributed by atoms with Crippen LogP contribution in [0.1, 0.15) is 11.7 Å². The van der Waals surface area contributed by atoms with Crippen LogP contribution in [0.25, 0.3) is 10.4 Å². The minimum absolute atomic E-state index is 0.00428. The average Bonchev–Trinajstić information content (AvgIpc) is 2.24. The van der Waals surface area contributed by atoms with Crippen LogP contribution in [0.4, 0.5) is 4.39 Å². The van der Waals surface area contributed by atoms with Crippen molar-refractivity contribution in [3.8, 4) is 0 Å². The van der Waals surface area contributed by atoms with E-state index in [2.05, 4.69) is 10.0 Å². The van der Waals surface area contributed by atoms with Gasteiger partial charge >= 0.3 is 0 Å². The van der Waals surface area contributed by atoms with Crippen molar-refractivity contribution in [3.63, 3.8) is 0 Å². The molecule has 0 saturated carbocycles. The molecule has 0 radical (unpaired) electrons. The predicted molar refractivity (Wildman–Crippen MR) is 61.4 cm³/mol. The van der Waals surface area contributed by atoms with Gasteiger partial charge in [-0.15, -0.1) is 0 Å². The summed E-state index contributed by atoms with van der Waals surface area (Å²) in [5.41, 5.74) is 8.07. The first kappa shape index (κ1) is 14.0. The van der Waals surface area contributed by atoms with Crippen LogP contribution in [0.5, 0.6) is 0 Å². The van der Waals surface area contributed by atoms with Gasteiger partial charge in [0, 0.05) is 10.5 Å². The Kier molecular flexibility index (Phi) is 4.99. The van der Waals surface area contributed by atoms with Crippen molar-refractivity contribution in [2.45, 2.75) is 12.2 Å². The summed E-state index contributed by atoms with van der Waals surface area (Å²) in [6, 6.07) is 1.93. The normalized spacial score (nSPS) is 13.9. The second-order valence-corrected chi connectivity index (χ2v) is 4.02. The van der Waals surface area contributed by atoms with Crippen molar-refractivity contribution in [1.82, 2.24) is 0 Å². The van der Waals surface area contributed by atoms with Crippen molar-refractivity contribution in [3.05, 3.63) is 44.0 Å². The number of nitrogens with zero attached hydrogens (tertiary/aromatic N) is 3. The summed E-state index contributed by atoms with van der Waals surface area (Å²) in [4.78, 5) is 2.44. The zero-order valence-corrected chi connectivity index (χ0v) is 9.90. The number of aliphatic hydroxyl groups excluding tert-OH is 2. The molecule has 0 amide bonds. The monoisotopic (exact) mass is 279 g/mol. The van der Waals surface area contributed by atoms with Gasteiger partial charge in [-0.05, 0) is 17.7 Å². The van der Waals surface area contributed by atoms with E-state index < -0.39 is 18.0 Å². The molecule has 0 aromatic heterocycles. The highest BCUT2D eigenvalue weighted by molar-refractivity contribution is 6.36. The summed E-state index contributed by atoms with van der Waals surface area (Å²) in [6.07, 6.45) is -2.83. The van der Waals surface area contributed by atoms with Crippen molar-refractivity contribution >= 4 is 23.2 Å². The van der Waals surface area contributed by atoms with Gasteiger partial charge in [-0.2, -0.15) is 0 Å². The fraction of sp³-hybridized carbons (Fsp3) is 0.333. The van der Waals surface area contributed by atoms with Crippen LogP contribution in [0.3, 0.4) is 0 Å². The SMILES string of the molecule is [N-]=[N+]=NCC(O)C(O)c1c(Cl)cc(F)cc1Cl. The van der Waals surface area contributed by atoms with Gasteiger partial charge in [-0.1, -0.05) is 28.3 Å². The highest BCUT2D eigenvalue weighted by Crippen LogP contribution is 2.33. The number of hydrogen-bond acceptors (Lipinski definition) is 3. The summed E-state index contributed by atoms with van der Waals surface area (Å²) in [5, 5.41) is 22.1. The van der Waals surface area contributed by atoms with Crippen LogP contribution in [0.15, 0.2) is 17.2 Å². The Bertz CT molecular complexity index is 443. The molecule has 0 spiro atoms. The van der Waals surface area contributed by atoms with Crippen molar-refractivity contribution in [2.24, 2.45) is 5.11 Å². The Morgan fingerprint density at radius 1 is 1.35 bits per heavy atom. The van der Waals surface area contributed by atoms with Crippen LogP contribution in [0.2, 0.25) is 10.0 Å². The van der Waals surface area contributed by atoms with Gasteiger partial charge in [-0.3, -0.25) is 0 Å². The number of azide groups is 1. The molecule has 0 aliphatic carbocycles. The van der Waals surface area contributed by atoms with Crippen molar-refractivity contribution in [2.75, 3.05) is 6.54 Å². The number of benzene rings is 1. The third kappa shape index (κ3) is 3.46. The molecule has 17 heavy (non-hydrogen) atoms. The Labute approximate surface area is 106 Å². The standard InChI is InChI=1S/C9H8Cl2FN3O2/c10-5-1-4(12)2-6(11)8(5)9(17)7(16)3-14-15-13/h1-2,7,9,16-17H,3H2. The quantitative estimate of drug-likeness (QED) is 0.504. The average molecular weight is 280 g/mol. The molecular formula is C9H8Cl2FN3O2. The molecule has 2 unspecified atom stereocenters. The fourth-order valence-electron chi connectivity index (χ4n) is 1.25. The zero-order valence-electron chi connectivity index (χ0n) is 8.39. The lowest BCUT2D eigenvalue weighted by molar-refractivity contribution is 0.0245. The number of halogens is 3. The van der Waals surface area contributed by atoms with Crippen molar-refractivity contribution in [1.29, 1.82) is 0 Å². The van der Waals surface area contributed by atoms with Gasteiger partial charge in [0.1, 0.15) is 11.9 Å². The van der Waals surface area contributed by atoms with E-state index in [-0.39, 0.29) is 22.2 Å². The molecule has 0 fully saturated rings. The summed E-state index contributed by atoms with van der Waals surface area (Å²) >= 11 is 11.4. The third-order valence-corrected chi connectivity index (χ3v) is 2.66. The lowest BCUT2D eigenvalue weighted by Gasteiger charge is -2.18. The first-order valence-corrected chi connectivity index (χ1v) is 5.24. The van der Waals surface area contributed by atoms with Gasteiger partial charge < -0.3 is 10.2 Å². The fourth-order valence-corrected chi connectivity index (χ4v) is 1.93. The molecule has 0 saturated heterocycles. The predicted octanol–water partition coefficient (Wildman–Crippen LogP) is 2.84. The summed E-state index contributed by atoms with van der Waals surface area (Å²) < 4.78 is 12.9. The Balaban J connectivity index is 3.03. The van der Waals surface area contributed by atoms with Crippen LogP contribution in [0, 0.1) is 5.82 Å². The largest absolute Gasteiger partial charge is 0.390 e. The molecule has 0 aliphatic rings.